The zero-order valence-corrected chi connectivity index (χ0v) is 13.7. The van der Waals surface area contributed by atoms with Crippen molar-refractivity contribution in [1.82, 2.24) is 14.9 Å². The molecule has 1 aromatic heterocycles. The van der Waals surface area contributed by atoms with E-state index < -0.39 is 0 Å². The van der Waals surface area contributed by atoms with Crippen LogP contribution in [0, 0.1) is 0 Å². The van der Waals surface area contributed by atoms with E-state index in [1.807, 2.05) is 0 Å². The number of rotatable bonds is 7. The number of aromatic nitrogens is 2. The highest BCUT2D eigenvalue weighted by molar-refractivity contribution is 5.49. The number of nitrogens with one attached hydrogen (secondary N) is 1. The molecular weight excluding hydrogens is 262 g/mol. The predicted octanol–water partition coefficient (Wildman–Crippen LogP) is 2.39. The SMILES string of the molecule is CCCc1nc(NCC)cc(N2CCN(CCC)CC2)n1. The summed E-state index contributed by atoms with van der Waals surface area (Å²) >= 11 is 0. The minimum Gasteiger partial charge on any atom is -0.370 e. The molecule has 21 heavy (non-hydrogen) atoms. The first-order valence-electron chi connectivity index (χ1n) is 8.35. The van der Waals surface area contributed by atoms with Crippen LogP contribution in [0.1, 0.15) is 39.4 Å². The number of nitrogens with zero attached hydrogens (tertiary/aromatic N) is 4. The van der Waals surface area contributed by atoms with Gasteiger partial charge in [-0.1, -0.05) is 13.8 Å². The fourth-order valence-corrected chi connectivity index (χ4v) is 2.77. The maximum absolute atomic E-state index is 4.76. The van der Waals surface area contributed by atoms with E-state index in [-0.39, 0.29) is 0 Å². The monoisotopic (exact) mass is 291 g/mol. The molecule has 0 spiro atoms. The van der Waals surface area contributed by atoms with Crippen LogP contribution in [0.2, 0.25) is 0 Å². The Balaban J connectivity index is 2.07. The summed E-state index contributed by atoms with van der Waals surface area (Å²) in [6.45, 7) is 13.0. The maximum atomic E-state index is 4.76. The van der Waals surface area contributed by atoms with Crippen molar-refractivity contribution in [3.63, 3.8) is 0 Å². The van der Waals surface area contributed by atoms with Gasteiger partial charge in [-0.05, 0) is 26.3 Å². The molecule has 0 saturated carbocycles. The molecule has 1 fully saturated rings. The van der Waals surface area contributed by atoms with Crippen LogP contribution in [-0.4, -0.2) is 54.1 Å². The van der Waals surface area contributed by atoms with Crippen molar-refractivity contribution >= 4 is 11.6 Å². The molecule has 0 radical (unpaired) electrons. The third-order valence-electron chi connectivity index (χ3n) is 3.83. The molecule has 1 saturated heterocycles. The quantitative estimate of drug-likeness (QED) is 0.835. The van der Waals surface area contributed by atoms with Gasteiger partial charge in [0, 0.05) is 45.2 Å². The molecule has 2 rings (SSSR count). The van der Waals surface area contributed by atoms with Crippen molar-refractivity contribution in [2.75, 3.05) is 49.5 Å². The van der Waals surface area contributed by atoms with Gasteiger partial charge in [0.2, 0.25) is 0 Å². The van der Waals surface area contributed by atoms with Gasteiger partial charge in [-0.15, -0.1) is 0 Å². The van der Waals surface area contributed by atoms with Gasteiger partial charge in [-0.25, -0.2) is 9.97 Å². The van der Waals surface area contributed by atoms with Gasteiger partial charge >= 0.3 is 0 Å². The van der Waals surface area contributed by atoms with Gasteiger partial charge in [0.05, 0.1) is 0 Å². The summed E-state index contributed by atoms with van der Waals surface area (Å²) in [5.74, 6) is 3.00. The lowest BCUT2D eigenvalue weighted by Gasteiger charge is -2.35. The van der Waals surface area contributed by atoms with Crippen LogP contribution in [0.5, 0.6) is 0 Å². The summed E-state index contributed by atoms with van der Waals surface area (Å²) in [5, 5.41) is 3.33. The summed E-state index contributed by atoms with van der Waals surface area (Å²) in [4.78, 5) is 14.3. The van der Waals surface area contributed by atoms with Crippen LogP contribution in [0.15, 0.2) is 6.07 Å². The van der Waals surface area contributed by atoms with E-state index in [1.54, 1.807) is 0 Å². The molecule has 0 aliphatic carbocycles. The molecule has 1 aliphatic heterocycles. The summed E-state index contributed by atoms with van der Waals surface area (Å²) in [5.41, 5.74) is 0. The summed E-state index contributed by atoms with van der Waals surface area (Å²) in [6.07, 6.45) is 3.26. The van der Waals surface area contributed by atoms with Crippen LogP contribution in [0.25, 0.3) is 0 Å². The standard InChI is InChI=1S/C16H29N5/c1-4-7-14-18-15(17-6-3)13-16(19-14)21-11-9-20(8-5-2)10-12-21/h13H,4-12H2,1-3H3,(H,17,18,19). The Kier molecular flexibility index (Phi) is 6.23. The molecule has 1 N–H and O–H groups in total. The molecule has 0 atom stereocenters. The highest BCUT2D eigenvalue weighted by atomic mass is 15.3. The van der Waals surface area contributed by atoms with Crippen LogP contribution >= 0.6 is 0 Å². The first-order valence-corrected chi connectivity index (χ1v) is 8.35. The molecule has 0 unspecified atom stereocenters. The largest absolute Gasteiger partial charge is 0.370 e. The zero-order chi connectivity index (χ0) is 15.1. The minimum absolute atomic E-state index is 0.895. The van der Waals surface area contributed by atoms with Crippen molar-refractivity contribution in [1.29, 1.82) is 0 Å². The first kappa shape index (κ1) is 16.0. The molecule has 5 nitrogen and oxygen atoms in total. The lowest BCUT2D eigenvalue weighted by atomic mass is 10.2. The third kappa shape index (κ3) is 4.56. The van der Waals surface area contributed by atoms with Crippen molar-refractivity contribution < 1.29 is 0 Å². The zero-order valence-electron chi connectivity index (χ0n) is 13.7. The van der Waals surface area contributed by atoms with E-state index in [4.69, 9.17) is 4.98 Å². The van der Waals surface area contributed by atoms with Gasteiger partial charge in [0.25, 0.3) is 0 Å². The first-order chi connectivity index (χ1) is 10.3. The lowest BCUT2D eigenvalue weighted by molar-refractivity contribution is 0.258. The second-order valence-corrected chi connectivity index (χ2v) is 5.64. The third-order valence-corrected chi connectivity index (χ3v) is 3.83. The van der Waals surface area contributed by atoms with Crippen LogP contribution < -0.4 is 10.2 Å². The molecule has 0 amide bonds. The van der Waals surface area contributed by atoms with E-state index in [1.165, 1.54) is 13.0 Å². The molecule has 1 aromatic rings. The van der Waals surface area contributed by atoms with Gasteiger partial charge in [0.1, 0.15) is 17.5 Å². The Bertz CT molecular complexity index is 402. The van der Waals surface area contributed by atoms with Crippen LogP contribution in [-0.2, 0) is 6.42 Å². The number of hydrogen-bond donors (Lipinski definition) is 1. The number of aryl methyl sites for hydroxylation is 1. The Morgan fingerprint density at radius 3 is 2.43 bits per heavy atom. The molecule has 0 aromatic carbocycles. The second-order valence-electron chi connectivity index (χ2n) is 5.64. The smallest absolute Gasteiger partial charge is 0.134 e. The van der Waals surface area contributed by atoms with Crippen molar-refractivity contribution in [3.05, 3.63) is 11.9 Å². The normalized spacial score (nSPS) is 16.2. The molecule has 118 valence electrons. The molecule has 0 bridgehead atoms. The fraction of sp³-hybridized carbons (Fsp3) is 0.750. The second kappa shape index (κ2) is 8.17. The fourth-order valence-electron chi connectivity index (χ4n) is 2.77. The van der Waals surface area contributed by atoms with Gasteiger partial charge < -0.3 is 10.2 Å². The Morgan fingerprint density at radius 2 is 1.81 bits per heavy atom. The summed E-state index contributed by atoms with van der Waals surface area (Å²) < 4.78 is 0. The van der Waals surface area contributed by atoms with E-state index in [2.05, 4.69) is 46.9 Å². The van der Waals surface area contributed by atoms with Gasteiger partial charge in [-0.2, -0.15) is 0 Å². The highest BCUT2D eigenvalue weighted by Gasteiger charge is 2.18. The molecule has 1 aliphatic rings. The van der Waals surface area contributed by atoms with Crippen molar-refractivity contribution in [2.24, 2.45) is 0 Å². The number of anilines is 2. The van der Waals surface area contributed by atoms with Crippen molar-refractivity contribution in [2.45, 2.75) is 40.0 Å². The number of hydrogen-bond acceptors (Lipinski definition) is 5. The van der Waals surface area contributed by atoms with Gasteiger partial charge in [-0.3, -0.25) is 4.90 Å². The Morgan fingerprint density at radius 1 is 1.05 bits per heavy atom. The Labute approximate surface area is 128 Å². The topological polar surface area (TPSA) is 44.3 Å². The lowest BCUT2D eigenvalue weighted by Crippen LogP contribution is -2.46. The molecule has 5 heteroatoms. The average molecular weight is 291 g/mol. The Hall–Kier alpha value is -1.36. The van der Waals surface area contributed by atoms with E-state index in [0.717, 1.165) is 63.0 Å². The van der Waals surface area contributed by atoms with Crippen molar-refractivity contribution in [3.8, 4) is 0 Å². The maximum Gasteiger partial charge on any atom is 0.134 e. The highest BCUT2D eigenvalue weighted by Crippen LogP contribution is 2.18. The minimum atomic E-state index is 0.895. The van der Waals surface area contributed by atoms with Crippen LogP contribution in [0.3, 0.4) is 0 Å². The van der Waals surface area contributed by atoms with Gasteiger partial charge in [0.15, 0.2) is 0 Å². The van der Waals surface area contributed by atoms with E-state index in [9.17, 15) is 0 Å². The van der Waals surface area contributed by atoms with E-state index >= 15 is 0 Å². The predicted molar refractivity (Wildman–Crippen MR) is 89.1 cm³/mol. The summed E-state index contributed by atoms with van der Waals surface area (Å²) in [6, 6.07) is 2.10. The van der Waals surface area contributed by atoms with Crippen LogP contribution in [0.4, 0.5) is 11.6 Å². The summed E-state index contributed by atoms with van der Waals surface area (Å²) in [7, 11) is 0. The molecule has 2 heterocycles. The molecular formula is C16H29N5. The average Bonchev–Trinajstić information content (AvgIpc) is 2.49. The van der Waals surface area contributed by atoms with E-state index in [0.29, 0.717) is 0 Å². The number of piperazine rings is 1.